The van der Waals surface area contributed by atoms with Crippen LogP contribution in [0.15, 0.2) is 12.1 Å². The molecule has 184 valence electrons. The third-order valence-electron chi connectivity index (χ3n) is 6.13. The molecule has 2 aromatic rings. The average molecular weight is 480 g/mol. The number of halogens is 3. The van der Waals surface area contributed by atoms with E-state index in [1.54, 1.807) is 20.8 Å². The van der Waals surface area contributed by atoms with Gasteiger partial charge in [-0.15, -0.1) is 0 Å². The number of hydrogen-bond donors (Lipinski definition) is 2. The third kappa shape index (κ3) is 4.54. The second kappa shape index (κ2) is 9.03. The topological polar surface area (TPSA) is 96.7 Å². The zero-order valence-corrected chi connectivity index (χ0v) is 19.2. The lowest BCUT2D eigenvalue weighted by molar-refractivity contribution is -0.135. The van der Waals surface area contributed by atoms with Crippen LogP contribution in [-0.2, 0) is 22.6 Å². The van der Waals surface area contributed by atoms with Gasteiger partial charge in [0.15, 0.2) is 11.6 Å². The number of fused-ring (bicyclic) bond motifs is 1. The number of ether oxygens (including phenoxy) is 1. The molecule has 3 heterocycles. The number of amides is 2. The molecule has 0 unspecified atom stereocenters. The largest absolute Gasteiger partial charge is 0.391 e. The van der Waals surface area contributed by atoms with Gasteiger partial charge in [0.1, 0.15) is 17.6 Å². The van der Waals surface area contributed by atoms with E-state index in [-0.39, 0.29) is 36.7 Å². The number of hydrogen-bond acceptors (Lipinski definition) is 5. The summed E-state index contributed by atoms with van der Waals surface area (Å²) in [5.41, 5.74) is -0.137. The molecule has 1 saturated heterocycles. The minimum absolute atomic E-state index is 0.0175. The number of nitrogens with one attached hydrogen (secondary N) is 1. The van der Waals surface area contributed by atoms with Crippen molar-refractivity contribution in [3.8, 4) is 11.3 Å². The summed E-state index contributed by atoms with van der Waals surface area (Å²) in [5.74, 6) is -3.92. The van der Waals surface area contributed by atoms with Crippen molar-refractivity contribution in [1.29, 1.82) is 0 Å². The molecule has 8 nitrogen and oxygen atoms in total. The first kappa shape index (κ1) is 24.2. The number of likely N-dealkylation sites (tertiary alicyclic amines) is 1. The minimum Gasteiger partial charge on any atom is -0.391 e. The molecule has 34 heavy (non-hydrogen) atoms. The number of aliphatic hydroxyl groups is 1. The lowest BCUT2D eigenvalue weighted by atomic mass is 9.86. The molecule has 2 atom stereocenters. The molecule has 2 aliphatic heterocycles. The van der Waals surface area contributed by atoms with Gasteiger partial charge in [-0.1, -0.05) is 20.8 Å². The minimum atomic E-state index is -1.33. The van der Waals surface area contributed by atoms with Crippen molar-refractivity contribution in [3.05, 3.63) is 40.8 Å². The molecule has 1 aromatic carbocycles. The Kier molecular flexibility index (Phi) is 6.43. The number of aromatic nitrogens is 2. The molecule has 0 aliphatic carbocycles. The van der Waals surface area contributed by atoms with Crippen molar-refractivity contribution < 1.29 is 32.6 Å². The summed E-state index contributed by atoms with van der Waals surface area (Å²) >= 11 is 0. The van der Waals surface area contributed by atoms with Crippen LogP contribution in [0.2, 0.25) is 0 Å². The van der Waals surface area contributed by atoms with Gasteiger partial charge in [0.2, 0.25) is 5.91 Å². The van der Waals surface area contributed by atoms with E-state index < -0.39 is 41.0 Å². The Morgan fingerprint density at radius 1 is 1.21 bits per heavy atom. The highest BCUT2D eigenvalue weighted by atomic mass is 19.2. The quantitative estimate of drug-likeness (QED) is 0.659. The van der Waals surface area contributed by atoms with E-state index in [1.165, 1.54) is 4.90 Å². The number of benzene rings is 1. The van der Waals surface area contributed by atoms with Crippen LogP contribution in [0.5, 0.6) is 0 Å². The van der Waals surface area contributed by atoms with Gasteiger partial charge >= 0.3 is 6.03 Å². The summed E-state index contributed by atoms with van der Waals surface area (Å²) in [6.07, 6.45) is 0.145. The predicted molar refractivity (Wildman–Crippen MR) is 115 cm³/mol. The Balaban J connectivity index is 1.69. The molecule has 0 spiro atoms. The Labute approximate surface area is 194 Å². The van der Waals surface area contributed by atoms with Crippen molar-refractivity contribution >= 4 is 11.9 Å². The Hall–Kier alpha value is -2.92. The van der Waals surface area contributed by atoms with Gasteiger partial charge in [-0.3, -0.25) is 4.79 Å². The van der Waals surface area contributed by atoms with E-state index >= 15 is 0 Å². The first-order valence-electron chi connectivity index (χ1n) is 11.1. The second-order valence-electron chi connectivity index (χ2n) is 9.71. The van der Waals surface area contributed by atoms with Gasteiger partial charge in [-0.05, 0) is 17.9 Å². The standard InChI is InChI=1S/C23H27F3N4O4/c1-23(2,3)20(21(32)29-6-4-12(31)10-29)27-22(33)30-18-5-7-34-11-14(18)19(28-30)13-8-16(25)17(26)9-15(13)24/h8-9,12,20,31H,4-7,10-11H2,1-3H3,(H,27,33)/t12-,20+/m0/s1. The van der Waals surface area contributed by atoms with Gasteiger partial charge in [0.25, 0.3) is 0 Å². The molecular weight excluding hydrogens is 453 g/mol. The summed E-state index contributed by atoms with van der Waals surface area (Å²) < 4.78 is 48.3. The molecule has 2 aliphatic rings. The normalized spacial score (nSPS) is 19.1. The highest BCUT2D eigenvalue weighted by Gasteiger charge is 2.39. The van der Waals surface area contributed by atoms with Crippen molar-refractivity contribution in [3.63, 3.8) is 0 Å². The summed E-state index contributed by atoms with van der Waals surface area (Å²) in [6.45, 7) is 6.29. The van der Waals surface area contributed by atoms with Gasteiger partial charge in [0, 0.05) is 36.7 Å². The maximum absolute atomic E-state index is 14.5. The van der Waals surface area contributed by atoms with E-state index in [1.807, 2.05) is 0 Å². The maximum Gasteiger partial charge on any atom is 0.343 e. The van der Waals surface area contributed by atoms with Crippen LogP contribution in [0.4, 0.5) is 18.0 Å². The second-order valence-corrected chi connectivity index (χ2v) is 9.71. The van der Waals surface area contributed by atoms with Gasteiger partial charge < -0.3 is 20.1 Å². The molecular formula is C23H27F3N4O4. The van der Waals surface area contributed by atoms with Gasteiger partial charge in [0.05, 0.1) is 25.0 Å². The summed E-state index contributed by atoms with van der Waals surface area (Å²) in [5, 5.41) is 16.8. The number of nitrogens with zero attached hydrogens (tertiary/aromatic N) is 3. The molecule has 11 heteroatoms. The number of β-amino-alcohol motifs (C(OH)–C–C–N with tert-alkyl or cyclic N) is 1. The molecule has 0 saturated carbocycles. The number of carbonyl (C=O) groups is 2. The predicted octanol–water partition coefficient (Wildman–Crippen LogP) is 2.61. The van der Waals surface area contributed by atoms with E-state index in [4.69, 9.17) is 4.74 Å². The van der Waals surface area contributed by atoms with Crippen LogP contribution in [0.3, 0.4) is 0 Å². The average Bonchev–Trinajstić information content (AvgIpc) is 3.37. The molecule has 2 amide bonds. The van der Waals surface area contributed by atoms with Crippen LogP contribution in [0.1, 0.15) is 38.4 Å². The van der Waals surface area contributed by atoms with Crippen LogP contribution >= 0.6 is 0 Å². The van der Waals surface area contributed by atoms with Crippen molar-refractivity contribution in [2.24, 2.45) is 5.41 Å². The van der Waals surface area contributed by atoms with Crippen molar-refractivity contribution in [2.75, 3.05) is 19.7 Å². The zero-order chi connectivity index (χ0) is 24.8. The Morgan fingerprint density at radius 3 is 2.56 bits per heavy atom. The van der Waals surface area contributed by atoms with Crippen LogP contribution in [-0.4, -0.2) is 63.6 Å². The van der Waals surface area contributed by atoms with Gasteiger partial charge in [-0.2, -0.15) is 9.78 Å². The van der Waals surface area contributed by atoms with Gasteiger partial charge in [-0.25, -0.2) is 18.0 Å². The van der Waals surface area contributed by atoms with Crippen molar-refractivity contribution in [2.45, 2.75) is 52.4 Å². The van der Waals surface area contributed by atoms with E-state index in [0.29, 0.717) is 43.0 Å². The summed E-state index contributed by atoms with van der Waals surface area (Å²) in [4.78, 5) is 28.0. The molecule has 0 radical (unpaired) electrons. The Bertz CT molecular complexity index is 1130. The fourth-order valence-corrected chi connectivity index (χ4v) is 4.28. The lowest BCUT2D eigenvalue weighted by Crippen LogP contribution is -2.55. The Morgan fingerprint density at radius 2 is 1.91 bits per heavy atom. The third-order valence-corrected chi connectivity index (χ3v) is 6.13. The maximum atomic E-state index is 14.5. The smallest absolute Gasteiger partial charge is 0.343 e. The molecule has 1 aromatic heterocycles. The highest BCUT2D eigenvalue weighted by Crippen LogP contribution is 2.32. The molecule has 4 rings (SSSR count). The molecule has 2 N–H and O–H groups in total. The molecule has 1 fully saturated rings. The van der Waals surface area contributed by atoms with E-state index in [9.17, 15) is 27.9 Å². The van der Waals surface area contributed by atoms with E-state index in [0.717, 1.165) is 4.68 Å². The zero-order valence-electron chi connectivity index (χ0n) is 19.2. The number of rotatable bonds is 3. The number of carbonyl (C=O) groups excluding carboxylic acids is 2. The summed E-state index contributed by atoms with van der Waals surface area (Å²) in [6, 6.07) is -0.503. The van der Waals surface area contributed by atoms with Crippen LogP contribution < -0.4 is 5.32 Å². The lowest BCUT2D eigenvalue weighted by Gasteiger charge is -2.33. The first-order valence-corrected chi connectivity index (χ1v) is 11.1. The highest BCUT2D eigenvalue weighted by molar-refractivity contribution is 5.89. The van der Waals surface area contributed by atoms with Crippen LogP contribution in [0, 0.1) is 22.9 Å². The number of aliphatic hydroxyl groups excluding tert-OH is 1. The van der Waals surface area contributed by atoms with E-state index in [2.05, 4.69) is 10.4 Å². The van der Waals surface area contributed by atoms with Crippen LogP contribution in [0.25, 0.3) is 11.3 Å². The fourth-order valence-electron chi connectivity index (χ4n) is 4.28. The summed E-state index contributed by atoms with van der Waals surface area (Å²) in [7, 11) is 0. The monoisotopic (exact) mass is 480 g/mol. The first-order chi connectivity index (χ1) is 16.0. The molecule has 0 bridgehead atoms. The van der Waals surface area contributed by atoms with Crippen molar-refractivity contribution in [1.82, 2.24) is 20.0 Å². The SMILES string of the molecule is CC(C)(C)[C@H](NC(=O)n1nc(-c2cc(F)c(F)cc2F)c2c1CCOC2)C(=O)N1CC[C@H](O)C1. The fraction of sp³-hybridized carbons (Fsp3) is 0.522.